The van der Waals surface area contributed by atoms with Gasteiger partial charge in [0.25, 0.3) is 0 Å². The SMILES string of the molecule is COC(=O)c1ccc(-c2scnc2C)c(C)c1. The molecular formula is C13H13NO2S. The summed E-state index contributed by atoms with van der Waals surface area (Å²) in [6, 6.07) is 5.58. The summed E-state index contributed by atoms with van der Waals surface area (Å²) in [5.41, 5.74) is 5.61. The van der Waals surface area contributed by atoms with Gasteiger partial charge in [-0.1, -0.05) is 6.07 Å². The van der Waals surface area contributed by atoms with Gasteiger partial charge in [0.2, 0.25) is 0 Å². The first-order valence-electron chi connectivity index (χ1n) is 5.23. The average Bonchev–Trinajstić information content (AvgIpc) is 2.74. The second-order valence-corrected chi connectivity index (χ2v) is 4.64. The van der Waals surface area contributed by atoms with Crippen LogP contribution in [0.4, 0.5) is 0 Å². The van der Waals surface area contributed by atoms with E-state index in [0.717, 1.165) is 21.7 Å². The highest BCUT2D eigenvalue weighted by molar-refractivity contribution is 7.13. The molecule has 0 unspecified atom stereocenters. The van der Waals surface area contributed by atoms with Crippen LogP contribution in [0.15, 0.2) is 23.7 Å². The number of ether oxygens (including phenoxy) is 1. The number of hydrogen-bond donors (Lipinski definition) is 0. The van der Waals surface area contributed by atoms with Crippen molar-refractivity contribution in [1.29, 1.82) is 0 Å². The number of aromatic nitrogens is 1. The molecule has 0 aliphatic carbocycles. The molecule has 0 saturated carbocycles. The smallest absolute Gasteiger partial charge is 0.337 e. The minimum atomic E-state index is -0.305. The monoisotopic (exact) mass is 247 g/mol. The van der Waals surface area contributed by atoms with E-state index >= 15 is 0 Å². The van der Waals surface area contributed by atoms with Crippen molar-refractivity contribution in [3.63, 3.8) is 0 Å². The first kappa shape index (κ1) is 11.8. The molecule has 0 spiro atoms. The predicted molar refractivity (Wildman–Crippen MR) is 68.4 cm³/mol. The molecule has 0 radical (unpaired) electrons. The van der Waals surface area contributed by atoms with Crippen LogP contribution < -0.4 is 0 Å². The number of nitrogens with zero attached hydrogens (tertiary/aromatic N) is 1. The molecule has 2 rings (SSSR count). The minimum Gasteiger partial charge on any atom is -0.465 e. The largest absolute Gasteiger partial charge is 0.465 e. The number of esters is 1. The van der Waals surface area contributed by atoms with Gasteiger partial charge in [-0.05, 0) is 37.1 Å². The van der Waals surface area contributed by atoms with E-state index in [1.165, 1.54) is 7.11 Å². The maximum atomic E-state index is 11.4. The summed E-state index contributed by atoms with van der Waals surface area (Å²) in [5, 5.41) is 0. The number of carbonyl (C=O) groups is 1. The van der Waals surface area contributed by atoms with Gasteiger partial charge >= 0.3 is 5.97 Å². The van der Waals surface area contributed by atoms with Gasteiger partial charge in [-0.15, -0.1) is 11.3 Å². The fraction of sp³-hybridized carbons (Fsp3) is 0.231. The van der Waals surface area contributed by atoms with E-state index in [9.17, 15) is 4.79 Å². The minimum absolute atomic E-state index is 0.305. The number of rotatable bonds is 2. The zero-order valence-electron chi connectivity index (χ0n) is 9.98. The fourth-order valence-corrected chi connectivity index (χ4v) is 2.62. The Hall–Kier alpha value is -1.68. The third-order valence-electron chi connectivity index (χ3n) is 2.64. The Balaban J connectivity index is 2.46. The highest BCUT2D eigenvalue weighted by atomic mass is 32.1. The predicted octanol–water partition coefficient (Wildman–Crippen LogP) is 3.21. The van der Waals surface area contributed by atoms with Crippen molar-refractivity contribution < 1.29 is 9.53 Å². The van der Waals surface area contributed by atoms with E-state index in [0.29, 0.717) is 5.56 Å². The number of thiazole rings is 1. The summed E-state index contributed by atoms with van der Waals surface area (Å²) >= 11 is 1.61. The highest BCUT2D eigenvalue weighted by Gasteiger charge is 2.11. The van der Waals surface area contributed by atoms with E-state index in [2.05, 4.69) is 4.98 Å². The number of carbonyl (C=O) groups excluding carboxylic acids is 1. The molecule has 3 nitrogen and oxygen atoms in total. The van der Waals surface area contributed by atoms with Crippen LogP contribution in [0.2, 0.25) is 0 Å². The summed E-state index contributed by atoms with van der Waals surface area (Å²) < 4.78 is 4.70. The summed E-state index contributed by atoms with van der Waals surface area (Å²) in [7, 11) is 1.39. The Morgan fingerprint density at radius 2 is 2.12 bits per heavy atom. The molecule has 0 aliphatic rings. The van der Waals surface area contributed by atoms with Gasteiger partial charge in [0.15, 0.2) is 0 Å². The number of benzene rings is 1. The van der Waals surface area contributed by atoms with Crippen molar-refractivity contribution in [2.24, 2.45) is 0 Å². The molecule has 88 valence electrons. The highest BCUT2D eigenvalue weighted by Crippen LogP contribution is 2.30. The van der Waals surface area contributed by atoms with Gasteiger partial charge in [0, 0.05) is 0 Å². The van der Waals surface area contributed by atoms with Gasteiger partial charge < -0.3 is 4.74 Å². The maximum absolute atomic E-state index is 11.4. The molecule has 0 aliphatic heterocycles. The topological polar surface area (TPSA) is 39.2 Å². The van der Waals surface area contributed by atoms with E-state index in [1.807, 2.05) is 31.5 Å². The van der Waals surface area contributed by atoms with Crippen molar-refractivity contribution in [3.05, 3.63) is 40.5 Å². The van der Waals surface area contributed by atoms with Crippen LogP contribution in [0.3, 0.4) is 0 Å². The number of hydrogen-bond acceptors (Lipinski definition) is 4. The molecule has 1 heterocycles. The van der Waals surface area contributed by atoms with E-state index in [4.69, 9.17) is 4.74 Å². The molecule has 0 amide bonds. The summed E-state index contributed by atoms with van der Waals surface area (Å²) in [4.78, 5) is 16.8. The molecule has 1 aromatic heterocycles. The second-order valence-electron chi connectivity index (χ2n) is 3.79. The van der Waals surface area contributed by atoms with Gasteiger partial charge in [0.05, 0.1) is 28.8 Å². The average molecular weight is 247 g/mol. The normalized spacial score (nSPS) is 10.3. The van der Waals surface area contributed by atoms with Gasteiger partial charge in [-0.2, -0.15) is 0 Å². The molecule has 0 N–H and O–H groups in total. The van der Waals surface area contributed by atoms with Gasteiger partial charge in [0.1, 0.15) is 0 Å². The zero-order valence-corrected chi connectivity index (χ0v) is 10.8. The lowest BCUT2D eigenvalue weighted by Crippen LogP contribution is -2.01. The quantitative estimate of drug-likeness (QED) is 0.765. The van der Waals surface area contributed by atoms with Crippen molar-refractivity contribution >= 4 is 17.3 Å². The molecule has 17 heavy (non-hydrogen) atoms. The Kier molecular flexibility index (Phi) is 3.24. The van der Waals surface area contributed by atoms with Gasteiger partial charge in [-0.3, -0.25) is 0 Å². The standard InChI is InChI=1S/C13H13NO2S/c1-8-6-10(13(15)16-3)4-5-11(8)12-9(2)14-7-17-12/h4-7H,1-3H3. The van der Waals surface area contributed by atoms with Crippen LogP contribution >= 0.6 is 11.3 Å². The molecule has 1 aromatic carbocycles. The van der Waals surface area contributed by atoms with Crippen molar-refractivity contribution in [2.45, 2.75) is 13.8 Å². The number of aryl methyl sites for hydroxylation is 2. The third kappa shape index (κ3) is 2.22. The van der Waals surface area contributed by atoms with Crippen LogP contribution in [0.25, 0.3) is 10.4 Å². The first-order chi connectivity index (χ1) is 8.13. The van der Waals surface area contributed by atoms with Crippen LogP contribution in [-0.2, 0) is 4.74 Å². The molecule has 2 aromatic rings. The lowest BCUT2D eigenvalue weighted by atomic mass is 10.0. The van der Waals surface area contributed by atoms with E-state index in [-0.39, 0.29) is 5.97 Å². The Labute approximate surface area is 104 Å². The molecule has 0 fully saturated rings. The van der Waals surface area contributed by atoms with Crippen LogP contribution in [0.5, 0.6) is 0 Å². The Morgan fingerprint density at radius 1 is 1.35 bits per heavy atom. The van der Waals surface area contributed by atoms with Crippen LogP contribution in [0.1, 0.15) is 21.6 Å². The third-order valence-corrected chi connectivity index (χ3v) is 3.60. The lowest BCUT2D eigenvalue weighted by molar-refractivity contribution is 0.0600. The van der Waals surface area contributed by atoms with Crippen LogP contribution in [0, 0.1) is 13.8 Å². The molecule has 0 saturated heterocycles. The molecular weight excluding hydrogens is 234 g/mol. The summed E-state index contributed by atoms with van der Waals surface area (Å²) in [5.74, 6) is -0.305. The molecule has 0 bridgehead atoms. The van der Waals surface area contributed by atoms with Crippen LogP contribution in [-0.4, -0.2) is 18.1 Å². The molecule has 4 heteroatoms. The van der Waals surface area contributed by atoms with E-state index in [1.54, 1.807) is 17.4 Å². The summed E-state index contributed by atoms with van der Waals surface area (Å²) in [6.07, 6.45) is 0. The van der Waals surface area contributed by atoms with Crippen molar-refractivity contribution in [2.75, 3.05) is 7.11 Å². The van der Waals surface area contributed by atoms with Crippen molar-refractivity contribution in [1.82, 2.24) is 4.98 Å². The molecule has 0 atom stereocenters. The maximum Gasteiger partial charge on any atom is 0.337 e. The number of methoxy groups -OCH3 is 1. The zero-order chi connectivity index (χ0) is 12.4. The Bertz CT molecular complexity index is 560. The second kappa shape index (κ2) is 4.67. The lowest BCUT2D eigenvalue weighted by Gasteiger charge is -2.06. The van der Waals surface area contributed by atoms with Crippen molar-refractivity contribution in [3.8, 4) is 10.4 Å². The first-order valence-corrected chi connectivity index (χ1v) is 6.11. The fourth-order valence-electron chi connectivity index (χ4n) is 1.72. The Morgan fingerprint density at radius 3 is 2.65 bits per heavy atom. The van der Waals surface area contributed by atoms with E-state index < -0.39 is 0 Å². The van der Waals surface area contributed by atoms with Gasteiger partial charge in [-0.25, -0.2) is 9.78 Å². The summed E-state index contributed by atoms with van der Waals surface area (Å²) in [6.45, 7) is 3.97.